The predicted octanol–water partition coefficient (Wildman–Crippen LogP) is -6.92. The third-order valence-corrected chi connectivity index (χ3v) is 6.31. The highest BCUT2D eigenvalue weighted by Gasteiger charge is 2.54. The topological polar surface area (TPSA) is 258 Å². The number of methoxy groups -OCH3 is 1. The number of hydrogen-bond donors (Lipinski definition) is 10. The first-order chi connectivity index (χ1) is 16.6. The molecule has 0 spiro atoms. The summed E-state index contributed by atoms with van der Waals surface area (Å²) in [5.41, 5.74) is 0. The summed E-state index contributed by atoms with van der Waals surface area (Å²) in [6.07, 6.45) is -24.1. The van der Waals surface area contributed by atoms with Crippen LogP contribution >= 0.6 is 0 Å². The molecule has 0 aromatic heterocycles. The molecule has 0 aliphatic carbocycles. The van der Waals surface area contributed by atoms with E-state index in [9.17, 15) is 51.1 Å². The fourth-order valence-corrected chi connectivity index (χ4v) is 4.20. The Hall–Kier alpha value is -0.640. The Labute approximate surface area is 199 Å². The Bertz CT molecular complexity index is 652. The van der Waals surface area contributed by atoms with Crippen LogP contribution in [0.4, 0.5) is 0 Å². The summed E-state index contributed by atoms with van der Waals surface area (Å²) < 4.78 is 32.6. The largest absolute Gasteiger partial charge is 0.394 e. The van der Waals surface area contributed by atoms with Crippen molar-refractivity contribution in [1.82, 2.24) is 0 Å². The molecule has 10 N–H and O–H groups in total. The molecule has 3 saturated heterocycles. The molecule has 0 aromatic rings. The summed E-state index contributed by atoms with van der Waals surface area (Å²) in [6, 6.07) is 0. The average Bonchev–Trinajstić information content (AvgIpc) is 2.86. The second-order valence-electron chi connectivity index (χ2n) is 8.55. The van der Waals surface area contributed by atoms with Gasteiger partial charge < -0.3 is 79.5 Å². The van der Waals surface area contributed by atoms with Crippen LogP contribution < -0.4 is 0 Å². The van der Waals surface area contributed by atoms with Crippen LogP contribution in [0.5, 0.6) is 0 Å². The zero-order chi connectivity index (χ0) is 26.0. The van der Waals surface area contributed by atoms with Crippen molar-refractivity contribution < 1.29 is 79.5 Å². The van der Waals surface area contributed by atoms with E-state index in [1.54, 1.807) is 0 Å². The maximum atomic E-state index is 10.8. The molecule has 3 heterocycles. The second kappa shape index (κ2) is 12.3. The molecule has 15 atom stereocenters. The average molecular weight is 518 g/mol. The van der Waals surface area contributed by atoms with Crippen molar-refractivity contribution in [3.63, 3.8) is 0 Å². The highest BCUT2D eigenvalue weighted by molar-refractivity contribution is 4.96. The third kappa shape index (κ3) is 5.78. The van der Waals surface area contributed by atoms with Crippen LogP contribution in [0.2, 0.25) is 0 Å². The highest BCUT2D eigenvalue weighted by atomic mass is 16.8. The lowest BCUT2D eigenvalue weighted by molar-refractivity contribution is -0.390. The molecule has 3 unspecified atom stereocenters. The minimum absolute atomic E-state index is 0.706. The summed E-state index contributed by atoms with van der Waals surface area (Å²) in [4.78, 5) is 0. The monoisotopic (exact) mass is 518 g/mol. The molecular weight excluding hydrogens is 484 g/mol. The molecule has 3 fully saturated rings. The Morgan fingerprint density at radius 1 is 0.486 bits per heavy atom. The first-order valence-electron chi connectivity index (χ1n) is 11.0. The lowest BCUT2D eigenvalue weighted by Gasteiger charge is -2.48. The van der Waals surface area contributed by atoms with Crippen molar-refractivity contribution in [3.05, 3.63) is 0 Å². The molecule has 0 radical (unpaired) electrons. The standard InChI is InChI=1S/C19H34O16/c1-30-19-16(35-18-14(29)12(27)9(24)6(3-21)32-18)15(10(25)7(4-22)33-19)34-17-13(28)11(26)8(23)5(2-20)31-17/h5-29H,2-4H2,1H3/t5-,6-,7-,8-,9+,10-,11+,12+,13-,14-,15+,16-,17?,18?,19?/m1/s1. The fourth-order valence-electron chi connectivity index (χ4n) is 4.20. The van der Waals surface area contributed by atoms with Gasteiger partial charge in [-0.1, -0.05) is 0 Å². The Morgan fingerprint density at radius 2 is 0.857 bits per heavy atom. The Balaban J connectivity index is 1.86. The Morgan fingerprint density at radius 3 is 1.26 bits per heavy atom. The van der Waals surface area contributed by atoms with Crippen molar-refractivity contribution in [2.45, 2.75) is 92.1 Å². The lowest BCUT2D eigenvalue weighted by atomic mass is 9.96. The molecule has 0 bridgehead atoms. The molecule has 0 amide bonds. The van der Waals surface area contributed by atoms with Gasteiger partial charge in [-0.05, 0) is 0 Å². The molecule has 35 heavy (non-hydrogen) atoms. The smallest absolute Gasteiger partial charge is 0.187 e. The van der Waals surface area contributed by atoms with Crippen molar-refractivity contribution >= 4 is 0 Å². The van der Waals surface area contributed by atoms with E-state index in [1.165, 1.54) is 7.11 Å². The van der Waals surface area contributed by atoms with E-state index in [2.05, 4.69) is 0 Å². The van der Waals surface area contributed by atoms with Gasteiger partial charge >= 0.3 is 0 Å². The summed E-state index contributed by atoms with van der Waals surface area (Å²) in [7, 11) is 1.19. The second-order valence-corrected chi connectivity index (χ2v) is 8.55. The molecule has 0 aromatic carbocycles. The normalized spacial score (nSPS) is 51.3. The van der Waals surface area contributed by atoms with Gasteiger partial charge in [0.25, 0.3) is 0 Å². The summed E-state index contributed by atoms with van der Waals surface area (Å²) >= 11 is 0. The number of ether oxygens (including phenoxy) is 6. The zero-order valence-electron chi connectivity index (χ0n) is 18.7. The molecular formula is C19H34O16. The fraction of sp³-hybridized carbons (Fsp3) is 1.00. The van der Waals surface area contributed by atoms with Gasteiger partial charge in [0.05, 0.1) is 19.8 Å². The van der Waals surface area contributed by atoms with Gasteiger partial charge in [0, 0.05) is 7.11 Å². The van der Waals surface area contributed by atoms with Crippen LogP contribution in [-0.2, 0) is 28.4 Å². The van der Waals surface area contributed by atoms with Crippen LogP contribution in [0, 0.1) is 0 Å². The van der Waals surface area contributed by atoms with Crippen molar-refractivity contribution in [2.24, 2.45) is 0 Å². The highest BCUT2D eigenvalue weighted by Crippen LogP contribution is 2.33. The zero-order valence-corrected chi connectivity index (χ0v) is 18.7. The number of hydrogen-bond acceptors (Lipinski definition) is 16. The molecule has 3 aliphatic heterocycles. The van der Waals surface area contributed by atoms with Crippen LogP contribution in [0.3, 0.4) is 0 Å². The van der Waals surface area contributed by atoms with Gasteiger partial charge in [0.15, 0.2) is 18.9 Å². The van der Waals surface area contributed by atoms with E-state index in [4.69, 9.17) is 28.4 Å². The predicted molar refractivity (Wildman–Crippen MR) is 106 cm³/mol. The van der Waals surface area contributed by atoms with Crippen LogP contribution in [0.1, 0.15) is 0 Å². The number of aliphatic hydroxyl groups is 10. The van der Waals surface area contributed by atoms with E-state index in [1.807, 2.05) is 0 Å². The first kappa shape index (κ1) is 28.9. The molecule has 3 aliphatic rings. The maximum Gasteiger partial charge on any atom is 0.187 e. The van der Waals surface area contributed by atoms with Gasteiger partial charge in [-0.3, -0.25) is 0 Å². The lowest BCUT2D eigenvalue weighted by Crippen LogP contribution is -2.67. The van der Waals surface area contributed by atoms with E-state index < -0.39 is 112 Å². The third-order valence-electron chi connectivity index (χ3n) is 6.31. The first-order valence-corrected chi connectivity index (χ1v) is 11.0. The van der Waals surface area contributed by atoms with Gasteiger partial charge in [0.1, 0.15) is 73.2 Å². The molecule has 16 heteroatoms. The van der Waals surface area contributed by atoms with Gasteiger partial charge in [-0.2, -0.15) is 0 Å². The van der Waals surface area contributed by atoms with Crippen molar-refractivity contribution in [2.75, 3.05) is 26.9 Å². The maximum absolute atomic E-state index is 10.8. The van der Waals surface area contributed by atoms with Gasteiger partial charge in [-0.25, -0.2) is 0 Å². The van der Waals surface area contributed by atoms with E-state index in [0.717, 1.165) is 0 Å². The molecule has 0 saturated carbocycles. The van der Waals surface area contributed by atoms with E-state index >= 15 is 0 Å². The van der Waals surface area contributed by atoms with Crippen LogP contribution in [0.15, 0.2) is 0 Å². The summed E-state index contributed by atoms with van der Waals surface area (Å²) in [5.74, 6) is 0. The van der Waals surface area contributed by atoms with E-state index in [-0.39, 0.29) is 0 Å². The summed E-state index contributed by atoms with van der Waals surface area (Å²) in [6.45, 7) is -2.19. The molecule has 206 valence electrons. The van der Waals surface area contributed by atoms with Gasteiger partial charge in [0.2, 0.25) is 0 Å². The van der Waals surface area contributed by atoms with Crippen LogP contribution in [0.25, 0.3) is 0 Å². The minimum Gasteiger partial charge on any atom is -0.394 e. The van der Waals surface area contributed by atoms with E-state index in [0.29, 0.717) is 0 Å². The number of aliphatic hydroxyl groups excluding tert-OH is 10. The van der Waals surface area contributed by atoms with Gasteiger partial charge in [-0.15, -0.1) is 0 Å². The quantitative estimate of drug-likeness (QED) is 0.143. The van der Waals surface area contributed by atoms with Crippen LogP contribution in [-0.4, -0.2) is 170 Å². The molecule has 3 rings (SSSR count). The Kier molecular flexibility index (Phi) is 10.1. The minimum atomic E-state index is -1.84. The SMILES string of the molecule is COC1O[C@H](CO)[C@@H](O)[C@H](OC2O[C@H](CO)[C@@H](O)[C@H](O)[C@H]2O)[C@H]1OC1O[C@H](CO)[C@H](O)[C@H](O)[C@H]1O. The van der Waals surface area contributed by atoms with Crippen molar-refractivity contribution in [1.29, 1.82) is 0 Å². The number of rotatable bonds is 8. The summed E-state index contributed by atoms with van der Waals surface area (Å²) in [5, 5.41) is 99.9. The molecule has 16 nitrogen and oxygen atoms in total. The van der Waals surface area contributed by atoms with Crippen molar-refractivity contribution in [3.8, 4) is 0 Å².